The molecule has 0 unspecified atom stereocenters. The number of anilines is 1. The van der Waals surface area contributed by atoms with Gasteiger partial charge in [-0.05, 0) is 29.8 Å². The molecule has 158 valence electrons. The minimum Gasteiger partial charge on any atom is -0.454 e. The highest BCUT2D eigenvalue weighted by Gasteiger charge is 2.19. The number of carbonyl (C=O) groups is 1. The van der Waals surface area contributed by atoms with Gasteiger partial charge in [0.1, 0.15) is 5.56 Å². The number of nitro benzene ring substituents is 1. The van der Waals surface area contributed by atoms with Crippen molar-refractivity contribution in [2.75, 3.05) is 12.1 Å². The van der Waals surface area contributed by atoms with E-state index in [0.29, 0.717) is 17.1 Å². The van der Waals surface area contributed by atoms with Crippen molar-refractivity contribution >= 4 is 17.3 Å². The smallest absolute Gasteiger partial charge is 0.328 e. The molecule has 12 heteroatoms. The molecule has 4 rings (SSSR count). The summed E-state index contributed by atoms with van der Waals surface area (Å²) in [5.41, 5.74) is -2.39. The lowest BCUT2D eigenvalue weighted by molar-refractivity contribution is -0.387. The maximum absolute atomic E-state index is 13.5. The summed E-state index contributed by atoms with van der Waals surface area (Å²) < 4.78 is 24.8. The second-order valence-corrected chi connectivity index (χ2v) is 6.46. The Labute approximate surface area is 171 Å². The van der Waals surface area contributed by atoms with Gasteiger partial charge in [0.15, 0.2) is 11.5 Å². The van der Waals surface area contributed by atoms with Gasteiger partial charge in [-0.25, -0.2) is 4.79 Å². The van der Waals surface area contributed by atoms with Crippen molar-refractivity contribution in [1.82, 2.24) is 9.55 Å². The lowest BCUT2D eigenvalue weighted by atomic mass is 10.2. The Morgan fingerprint density at radius 2 is 1.97 bits per heavy atom. The first-order valence-electron chi connectivity index (χ1n) is 8.80. The molecule has 0 saturated carbocycles. The molecule has 1 amide bonds. The average Bonchev–Trinajstić information content (AvgIpc) is 3.20. The van der Waals surface area contributed by atoms with Crippen LogP contribution in [0.15, 0.2) is 52.2 Å². The Morgan fingerprint density at radius 3 is 2.74 bits per heavy atom. The fourth-order valence-electron chi connectivity index (χ4n) is 2.97. The highest BCUT2D eigenvalue weighted by molar-refractivity contribution is 6.03. The van der Waals surface area contributed by atoms with Gasteiger partial charge in [0, 0.05) is 18.0 Å². The summed E-state index contributed by atoms with van der Waals surface area (Å²) in [6, 6.07) is 7.64. The number of benzene rings is 2. The lowest BCUT2D eigenvalue weighted by Gasteiger charge is -2.09. The number of aromatic amines is 1. The first kappa shape index (κ1) is 19.8. The Kier molecular flexibility index (Phi) is 4.95. The van der Waals surface area contributed by atoms with Crippen molar-refractivity contribution in [2.24, 2.45) is 0 Å². The van der Waals surface area contributed by atoms with Gasteiger partial charge in [0.2, 0.25) is 12.6 Å². The largest absolute Gasteiger partial charge is 0.454 e. The van der Waals surface area contributed by atoms with Crippen LogP contribution in [0.3, 0.4) is 0 Å². The molecule has 0 fully saturated rings. The fourth-order valence-corrected chi connectivity index (χ4v) is 2.97. The zero-order chi connectivity index (χ0) is 22.1. The van der Waals surface area contributed by atoms with E-state index in [-0.39, 0.29) is 19.0 Å². The van der Waals surface area contributed by atoms with Gasteiger partial charge in [-0.1, -0.05) is 6.07 Å². The molecule has 1 aliphatic rings. The van der Waals surface area contributed by atoms with E-state index in [1.54, 1.807) is 18.2 Å². The second-order valence-electron chi connectivity index (χ2n) is 6.46. The molecule has 0 radical (unpaired) electrons. The van der Waals surface area contributed by atoms with Crippen LogP contribution in [0.4, 0.5) is 15.8 Å². The molecule has 2 aromatic carbocycles. The minimum absolute atomic E-state index is 0.0660. The number of nitrogens with one attached hydrogen (secondary N) is 2. The second kappa shape index (κ2) is 7.74. The minimum atomic E-state index is -1.07. The van der Waals surface area contributed by atoms with Gasteiger partial charge in [-0.15, -0.1) is 0 Å². The molecule has 1 aromatic heterocycles. The van der Waals surface area contributed by atoms with Crippen LogP contribution in [0.1, 0.15) is 15.9 Å². The molecule has 0 aliphatic carbocycles. The number of nitrogens with zero attached hydrogens (tertiary/aromatic N) is 2. The van der Waals surface area contributed by atoms with Gasteiger partial charge < -0.3 is 19.8 Å². The highest BCUT2D eigenvalue weighted by Crippen LogP contribution is 2.32. The standard InChI is InChI=1S/C19H13FN4O7/c20-13-3-2-11(6-14(13)24(28)29)22-17(25)12-7-21-19(27)23(18(12)26)8-10-1-4-15-16(5-10)31-9-30-15/h1-7H,8-9H2,(H,21,27)(H,22,25). The summed E-state index contributed by atoms with van der Waals surface area (Å²) in [5, 5.41) is 13.1. The van der Waals surface area contributed by atoms with Gasteiger partial charge in [0.25, 0.3) is 11.5 Å². The molecule has 0 spiro atoms. The zero-order valence-corrected chi connectivity index (χ0v) is 15.6. The molecule has 2 N–H and O–H groups in total. The van der Waals surface area contributed by atoms with E-state index in [2.05, 4.69) is 10.3 Å². The van der Waals surface area contributed by atoms with Crippen molar-refractivity contribution in [2.45, 2.75) is 6.54 Å². The number of H-pyrrole nitrogens is 1. The van der Waals surface area contributed by atoms with E-state index >= 15 is 0 Å². The van der Waals surface area contributed by atoms with Crippen LogP contribution in [0.2, 0.25) is 0 Å². The highest BCUT2D eigenvalue weighted by atomic mass is 19.1. The zero-order valence-electron chi connectivity index (χ0n) is 15.6. The fraction of sp³-hybridized carbons (Fsp3) is 0.105. The third-order valence-corrected chi connectivity index (χ3v) is 4.48. The third-order valence-electron chi connectivity index (χ3n) is 4.48. The molecule has 3 aromatic rings. The summed E-state index contributed by atoms with van der Waals surface area (Å²) in [6.45, 7) is -0.0789. The van der Waals surface area contributed by atoms with Gasteiger partial charge >= 0.3 is 11.4 Å². The van der Waals surface area contributed by atoms with Crippen LogP contribution in [0, 0.1) is 15.9 Å². The van der Waals surface area contributed by atoms with E-state index in [1.165, 1.54) is 0 Å². The lowest BCUT2D eigenvalue weighted by Crippen LogP contribution is -2.39. The summed E-state index contributed by atoms with van der Waals surface area (Å²) in [4.78, 5) is 49.7. The third kappa shape index (κ3) is 3.85. The van der Waals surface area contributed by atoms with Crippen molar-refractivity contribution in [3.8, 4) is 11.5 Å². The Bertz CT molecular complexity index is 1330. The predicted molar refractivity (Wildman–Crippen MR) is 104 cm³/mol. The maximum Gasteiger partial charge on any atom is 0.328 e. The van der Waals surface area contributed by atoms with Crippen molar-refractivity contribution < 1.29 is 23.6 Å². The van der Waals surface area contributed by atoms with Crippen LogP contribution >= 0.6 is 0 Å². The number of hydrogen-bond acceptors (Lipinski definition) is 7. The van der Waals surface area contributed by atoms with E-state index in [9.17, 15) is 28.9 Å². The van der Waals surface area contributed by atoms with Gasteiger partial charge in [0.05, 0.1) is 11.5 Å². The summed E-state index contributed by atoms with van der Waals surface area (Å²) in [5.74, 6) is -1.000. The van der Waals surface area contributed by atoms with E-state index < -0.39 is 39.1 Å². The van der Waals surface area contributed by atoms with Crippen LogP contribution in [-0.4, -0.2) is 27.2 Å². The van der Waals surface area contributed by atoms with Crippen LogP contribution in [0.25, 0.3) is 0 Å². The molecule has 0 bridgehead atoms. The van der Waals surface area contributed by atoms with E-state index in [4.69, 9.17) is 9.47 Å². The summed E-state index contributed by atoms with van der Waals surface area (Å²) in [7, 11) is 0. The number of fused-ring (bicyclic) bond motifs is 1. The number of halogens is 1. The van der Waals surface area contributed by atoms with Gasteiger partial charge in [-0.3, -0.25) is 24.3 Å². The van der Waals surface area contributed by atoms with Gasteiger partial charge in [-0.2, -0.15) is 4.39 Å². The topological polar surface area (TPSA) is 146 Å². The number of aromatic nitrogens is 2. The molecule has 0 saturated heterocycles. The summed E-state index contributed by atoms with van der Waals surface area (Å²) >= 11 is 0. The monoisotopic (exact) mass is 428 g/mol. The van der Waals surface area contributed by atoms with E-state index in [1.807, 2.05) is 0 Å². The number of rotatable bonds is 5. The van der Waals surface area contributed by atoms with Crippen molar-refractivity contribution in [3.63, 3.8) is 0 Å². The van der Waals surface area contributed by atoms with E-state index in [0.717, 1.165) is 29.0 Å². The van der Waals surface area contributed by atoms with Crippen LogP contribution < -0.4 is 26.0 Å². The molecule has 1 aliphatic heterocycles. The van der Waals surface area contributed by atoms with Crippen molar-refractivity contribution in [3.05, 3.63) is 90.5 Å². The first-order chi connectivity index (χ1) is 14.8. The van der Waals surface area contributed by atoms with Crippen LogP contribution in [-0.2, 0) is 6.54 Å². The predicted octanol–water partition coefficient (Wildman–Crippen LogP) is 1.61. The molecular weight excluding hydrogens is 415 g/mol. The van der Waals surface area contributed by atoms with Crippen molar-refractivity contribution in [1.29, 1.82) is 0 Å². The molecule has 0 atom stereocenters. The normalized spacial score (nSPS) is 11.9. The quantitative estimate of drug-likeness (QED) is 0.464. The maximum atomic E-state index is 13.5. The Morgan fingerprint density at radius 1 is 1.19 bits per heavy atom. The number of amides is 1. The number of ether oxygens (including phenoxy) is 2. The molecular formula is C19H13FN4O7. The first-order valence-corrected chi connectivity index (χ1v) is 8.80. The number of hydrogen-bond donors (Lipinski definition) is 2. The Balaban J connectivity index is 1.62. The summed E-state index contributed by atoms with van der Waals surface area (Å²) in [6.07, 6.45) is 0.939. The number of carbonyl (C=O) groups excluding carboxylic acids is 1. The molecule has 31 heavy (non-hydrogen) atoms. The molecule has 2 heterocycles. The average molecular weight is 428 g/mol. The SMILES string of the molecule is O=C(Nc1ccc(F)c([N+](=O)[O-])c1)c1c[nH]c(=O)n(Cc2ccc3c(c2)OCO3)c1=O. The van der Waals surface area contributed by atoms with Crippen LogP contribution in [0.5, 0.6) is 11.5 Å². The Hall–Kier alpha value is -4.48. The molecule has 11 nitrogen and oxygen atoms in total. The number of nitro groups is 1.